The molecule has 0 radical (unpaired) electrons. The van der Waals surface area contributed by atoms with E-state index in [2.05, 4.69) is 10.0 Å². The van der Waals surface area contributed by atoms with Crippen molar-refractivity contribution in [2.24, 2.45) is 0 Å². The van der Waals surface area contributed by atoms with Gasteiger partial charge in [-0.1, -0.05) is 29.8 Å². The number of hydrogen-bond donors (Lipinski definition) is 2. The molecule has 0 aliphatic rings. The van der Waals surface area contributed by atoms with E-state index >= 15 is 0 Å². The van der Waals surface area contributed by atoms with E-state index in [1.807, 2.05) is 6.92 Å². The molecule has 1 amide bonds. The van der Waals surface area contributed by atoms with Gasteiger partial charge in [0.2, 0.25) is 15.9 Å². The Labute approximate surface area is 159 Å². The fourth-order valence-corrected chi connectivity index (χ4v) is 3.85. The first-order valence-electron chi connectivity index (χ1n) is 8.35. The molecule has 26 heavy (non-hydrogen) atoms. The van der Waals surface area contributed by atoms with Crippen LogP contribution >= 0.6 is 11.6 Å². The smallest absolute Gasteiger partial charge is 0.240 e. The van der Waals surface area contributed by atoms with Gasteiger partial charge in [0.15, 0.2) is 0 Å². The van der Waals surface area contributed by atoms with Crippen LogP contribution in [-0.2, 0) is 21.2 Å². The number of halogens is 1. The van der Waals surface area contributed by atoms with E-state index in [4.69, 9.17) is 11.6 Å². The molecule has 0 atom stereocenters. The van der Waals surface area contributed by atoms with Crippen LogP contribution in [-0.4, -0.2) is 20.4 Å². The van der Waals surface area contributed by atoms with Crippen LogP contribution in [0.15, 0.2) is 47.4 Å². The minimum atomic E-state index is -3.50. The molecular weight excluding hydrogens is 372 g/mol. The van der Waals surface area contributed by atoms with E-state index in [1.165, 1.54) is 0 Å². The second-order valence-corrected chi connectivity index (χ2v) is 8.50. The average molecular weight is 395 g/mol. The Morgan fingerprint density at radius 2 is 1.77 bits per heavy atom. The van der Waals surface area contributed by atoms with Gasteiger partial charge in [-0.2, -0.15) is 0 Å². The fourth-order valence-electron chi connectivity index (χ4n) is 2.43. The monoisotopic (exact) mass is 394 g/mol. The molecule has 2 rings (SSSR count). The summed E-state index contributed by atoms with van der Waals surface area (Å²) in [5, 5.41) is 3.46. The minimum Gasteiger partial charge on any atom is -0.326 e. The number of carbonyl (C=O) groups is 1. The summed E-state index contributed by atoms with van der Waals surface area (Å²) >= 11 is 6.05. The van der Waals surface area contributed by atoms with Crippen molar-refractivity contribution in [3.8, 4) is 0 Å². The molecule has 0 heterocycles. The third-order valence-electron chi connectivity index (χ3n) is 3.81. The Kier molecular flexibility index (Phi) is 6.81. The zero-order chi connectivity index (χ0) is 19.3. The molecule has 0 aliphatic heterocycles. The molecule has 0 saturated heterocycles. The summed E-state index contributed by atoms with van der Waals surface area (Å²) in [6, 6.07) is 11.8. The lowest BCUT2D eigenvalue weighted by Gasteiger charge is -2.11. The summed E-state index contributed by atoms with van der Waals surface area (Å²) in [4.78, 5) is 12.4. The summed E-state index contributed by atoms with van der Waals surface area (Å²) in [7, 11) is -3.50. The molecule has 0 aliphatic carbocycles. The Balaban J connectivity index is 1.95. The summed E-state index contributed by atoms with van der Waals surface area (Å²) in [6.07, 6.45) is 0.811. The van der Waals surface area contributed by atoms with Crippen molar-refractivity contribution < 1.29 is 13.2 Å². The van der Waals surface area contributed by atoms with Gasteiger partial charge in [-0.3, -0.25) is 4.79 Å². The highest BCUT2D eigenvalue weighted by atomic mass is 35.5. The van der Waals surface area contributed by atoms with Crippen molar-refractivity contribution >= 4 is 33.2 Å². The molecule has 5 nitrogen and oxygen atoms in total. The predicted molar refractivity (Wildman–Crippen MR) is 105 cm³/mol. The highest BCUT2D eigenvalue weighted by molar-refractivity contribution is 7.89. The van der Waals surface area contributed by atoms with E-state index in [0.717, 1.165) is 11.1 Å². The SMILES string of the molecule is Cc1c(Cl)cccc1NC(=O)CCc1ccc(S(=O)(=O)NC(C)C)cc1. The Bertz CT molecular complexity index is 878. The molecule has 2 aromatic carbocycles. The van der Waals surface area contributed by atoms with Crippen LogP contribution in [0.3, 0.4) is 0 Å². The van der Waals surface area contributed by atoms with Crippen LogP contribution in [0.4, 0.5) is 5.69 Å². The maximum Gasteiger partial charge on any atom is 0.240 e. The van der Waals surface area contributed by atoms with Crippen molar-refractivity contribution in [2.45, 2.75) is 44.6 Å². The summed E-state index contributed by atoms with van der Waals surface area (Å²) in [5.41, 5.74) is 2.42. The highest BCUT2D eigenvalue weighted by Gasteiger charge is 2.15. The average Bonchev–Trinajstić information content (AvgIpc) is 2.56. The number of anilines is 1. The molecule has 0 aromatic heterocycles. The minimum absolute atomic E-state index is 0.117. The van der Waals surface area contributed by atoms with Gasteiger partial charge < -0.3 is 5.32 Å². The normalized spacial score (nSPS) is 11.6. The van der Waals surface area contributed by atoms with Gasteiger partial charge in [0.25, 0.3) is 0 Å². The van der Waals surface area contributed by atoms with Crippen molar-refractivity contribution in [3.63, 3.8) is 0 Å². The zero-order valence-electron chi connectivity index (χ0n) is 15.0. The predicted octanol–water partition coefficient (Wildman–Crippen LogP) is 3.91. The number of nitrogens with one attached hydrogen (secondary N) is 2. The van der Waals surface area contributed by atoms with E-state index in [-0.39, 0.29) is 16.8 Å². The van der Waals surface area contributed by atoms with Crippen molar-refractivity contribution in [2.75, 3.05) is 5.32 Å². The molecule has 0 spiro atoms. The summed E-state index contributed by atoms with van der Waals surface area (Å²) in [6.45, 7) is 5.39. The van der Waals surface area contributed by atoms with E-state index in [0.29, 0.717) is 23.6 Å². The van der Waals surface area contributed by atoms with Crippen LogP contribution in [0.25, 0.3) is 0 Å². The lowest BCUT2D eigenvalue weighted by atomic mass is 10.1. The van der Waals surface area contributed by atoms with Crippen LogP contribution in [0.1, 0.15) is 31.4 Å². The van der Waals surface area contributed by atoms with Crippen LogP contribution in [0.2, 0.25) is 5.02 Å². The van der Waals surface area contributed by atoms with Crippen LogP contribution < -0.4 is 10.0 Å². The molecule has 2 aromatic rings. The van der Waals surface area contributed by atoms with E-state index in [1.54, 1.807) is 56.3 Å². The molecule has 0 bridgehead atoms. The second-order valence-electron chi connectivity index (χ2n) is 6.38. The van der Waals surface area contributed by atoms with Gasteiger partial charge >= 0.3 is 0 Å². The molecule has 0 unspecified atom stereocenters. The van der Waals surface area contributed by atoms with E-state index < -0.39 is 10.0 Å². The van der Waals surface area contributed by atoms with Crippen molar-refractivity contribution in [1.82, 2.24) is 4.72 Å². The molecular formula is C19H23ClN2O3S. The summed E-state index contributed by atoms with van der Waals surface area (Å²) in [5.74, 6) is -0.117. The first-order valence-corrected chi connectivity index (χ1v) is 10.2. The Morgan fingerprint density at radius 1 is 1.12 bits per heavy atom. The zero-order valence-corrected chi connectivity index (χ0v) is 16.6. The first-order chi connectivity index (χ1) is 12.2. The van der Waals surface area contributed by atoms with Gasteiger partial charge in [-0.15, -0.1) is 0 Å². The van der Waals surface area contributed by atoms with Gasteiger partial charge in [0.1, 0.15) is 0 Å². The quantitative estimate of drug-likeness (QED) is 0.747. The van der Waals surface area contributed by atoms with Crippen LogP contribution in [0, 0.1) is 6.92 Å². The van der Waals surface area contributed by atoms with Gasteiger partial charge in [-0.25, -0.2) is 13.1 Å². The standard InChI is InChI=1S/C19H23ClN2O3S/c1-13(2)22-26(24,25)16-10-7-15(8-11-16)9-12-19(23)21-18-6-4-5-17(20)14(18)3/h4-8,10-11,13,22H,9,12H2,1-3H3,(H,21,23). The molecule has 140 valence electrons. The number of sulfonamides is 1. The number of aryl methyl sites for hydroxylation is 1. The number of amides is 1. The summed E-state index contributed by atoms with van der Waals surface area (Å²) < 4.78 is 26.7. The highest BCUT2D eigenvalue weighted by Crippen LogP contribution is 2.23. The number of rotatable bonds is 7. The fraction of sp³-hybridized carbons (Fsp3) is 0.316. The third-order valence-corrected chi connectivity index (χ3v) is 5.89. The topological polar surface area (TPSA) is 75.3 Å². The van der Waals surface area contributed by atoms with Crippen molar-refractivity contribution in [3.05, 3.63) is 58.6 Å². The van der Waals surface area contributed by atoms with Gasteiger partial charge in [0, 0.05) is 23.2 Å². The van der Waals surface area contributed by atoms with E-state index in [9.17, 15) is 13.2 Å². The van der Waals surface area contributed by atoms with Crippen molar-refractivity contribution in [1.29, 1.82) is 0 Å². The number of carbonyl (C=O) groups excluding carboxylic acids is 1. The lowest BCUT2D eigenvalue weighted by Crippen LogP contribution is -2.30. The molecule has 0 fully saturated rings. The second kappa shape index (κ2) is 8.66. The lowest BCUT2D eigenvalue weighted by molar-refractivity contribution is -0.116. The maximum absolute atomic E-state index is 12.1. The Hall–Kier alpha value is -1.89. The maximum atomic E-state index is 12.1. The first kappa shape index (κ1) is 20.4. The third kappa shape index (κ3) is 5.56. The molecule has 7 heteroatoms. The largest absolute Gasteiger partial charge is 0.326 e. The van der Waals surface area contributed by atoms with Gasteiger partial charge in [-0.05, 0) is 62.6 Å². The Morgan fingerprint density at radius 3 is 2.38 bits per heavy atom. The molecule has 2 N–H and O–H groups in total. The molecule has 0 saturated carbocycles. The van der Waals surface area contributed by atoms with Crippen LogP contribution in [0.5, 0.6) is 0 Å². The number of hydrogen-bond acceptors (Lipinski definition) is 3. The number of benzene rings is 2. The van der Waals surface area contributed by atoms with Gasteiger partial charge in [0.05, 0.1) is 4.90 Å².